The molecule has 1 N–H and O–H groups in total. The van der Waals surface area contributed by atoms with E-state index in [2.05, 4.69) is 15.1 Å². The van der Waals surface area contributed by atoms with Crippen LogP contribution in [0.2, 0.25) is 10.0 Å². The van der Waals surface area contributed by atoms with Gasteiger partial charge in [-0.2, -0.15) is 0 Å². The Morgan fingerprint density at radius 3 is 2.42 bits per heavy atom. The first-order chi connectivity index (χ1) is 20.3. The van der Waals surface area contributed by atoms with Gasteiger partial charge >= 0.3 is 5.69 Å². The summed E-state index contributed by atoms with van der Waals surface area (Å²) < 4.78 is 19.1. The second kappa shape index (κ2) is 14.6. The molecule has 0 amide bonds. The molecule has 1 saturated carbocycles. The quantitative estimate of drug-likeness (QED) is 0.106. The molecule has 1 aliphatic carbocycles. The summed E-state index contributed by atoms with van der Waals surface area (Å²) >= 11 is 12.5. The maximum atomic E-state index is 13.6. The predicted octanol–water partition coefficient (Wildman–Crippen LogP) is 7.06. The van der Waals surface area contributed by atoms with Crippen LogP contribution in [0.1, 0.15) is 30.9 Å². The normalized spacial score (nSPS) is 16.0. The van der Waals surface area contributed by atoms with Crippen molar-refractivity contribution in [1.29, 1.82) is 0 Å². The third-order valence-corrected chi connectivity index (χ3v) is 8.51. The van der Waals surface area contributed by atoms with Crippen LogP contribution in [0.4, 0.5) is 15.8 Å². The lowest BCUT2D eigenvalue weighted by atomic mass is 9.96. The zero-order chi connectivity index (χ0) is 29.7. The molecule has 0 radical (unpaired) electrons. The number of benzene rings is 3. The zero-order valence-electron chi connectivity index (χ0n) is 23.9. The topological polar surface area (TPSA) is 83.2 Å². The van der Waals surface area contributed by atoms with Crippen LogP contribution in [0.15, 0.2) is 65.7 Å². The first kappa shape index (κ1) is 32.8. The lowest BCUT2D eigenvalue weighted by Gasteiger charge is -2.38. The fourth-order valence-electron chi connectivity index (χ4n) is 5.32. The molecule has 3 aromatic carbocycles. The van der Waals surface area contributed by atoms with E-state index in [-0.39, 0.29) is 39.7 Å². The fourth-order valence-corrected chi connectivity index (χ4v) is 5.82. The van der Waals surface area contributed by atoms with Gasteiger partial charge in [0.05, 0.1) is 18.1 Å². The summed E-state index contributed by atoms with van der Waals surface area (Å²) in [5.41, 5.74) is 2.92. The Bertz CT molecular complexity index is 1450. The van der Waals surface area contributed by atoms with E-state index in [4.69, 9.17) is 32.9 Å². The van der Waals surface area contributed by atoms with E-state index in [1.54, 1.807) is 18.2 Å². The van der Waals surface area contributed by atoms with Gasteiger partial charge in [-0.05, 0) is 67.6 Å². The van der Waals surface area contributed by atoms with E-state index in [1.165, 1.54) is 18.2 Å². The lowest BCUT2D eigenvalue weighted by molar-refractivity contribution is -0.385. The van der Waals surface area contributed by atoms with Crippen molar-refractivity contribution >= 4 is 57.5 Å². The van der Waals surface area contributed by atoms with Crippen molar-refractivity contribution in [3.63, 3.8) is 0 Å². The number of anilines is 1. The third-order valence-electron chi connectivity index (χ3n) is 7.92. The van der Waals surface area contributed by atoms with Crippen molar-refractivity contribution < 1.29 is 14.1 Å². The number of nitrogens with zero attached hydrogens (tertiary/aromatic N) is 4. The van der Waals surface area contributed by atoms with E-state index in [9.17, 15) is 14.5 Å². The number of guanidine groups is 1. The number of hydrogen-bond donors (Lipinski definition) is 1. The molecular weight excluding hydrogens is 660 g/mol. The summed E-state index contributed by atoms with van der Waals surface area (Å²) in [6.07, 6.45) is 2.75. The maximum absolute atomic E-state index is 13.6. The number of halogens is 4. The first-order valence-electron chi connectivity index (χ1n) is 14.2. The maximum Gasteiger partial charge on any atom is 0.311 e. The van der Waals surface area contributed by atoms with E-state index >= 15 is 0 Å². The summed E-state index contributed by atoms with van der Waals surface area (Å²) in [5.74, 6) is 0.870. The van der Waals surface area contributed by atoms with Gasteiger partial charge in [0.15, 0.2) is 11.7 Å². The molecule has 43 heavy (non-hydrogen) atoms. The monoisotopic (exact) mass is 693 g/mol. The van der Waals surface area contributed by atoms with Gasteiger partial charge in [0.2, 0.25) is 0 Å². The van der Waals surface area contributed by atoms with Crippen molar-refractivity contribution in [2.75, 3.05) is 50.8 Å². The molecular formula is C31H35BrCl2FN5O3. The number of piperazine rings is 1. The van der Waals surface area contributed by atoms with E-state index in [1.807, 2.05) is 31.2 Å². The molecule has 2 aliphatic rings. The lowest BCUT2D eigenvalue weighted by Crippen LogP contribution is -2.53. The van der Waals surface area contributed by atoms with Crippen LogP contribution in [0.3, 0.4) is 0 Å². The molecule has 3 aromatic rings. The summed E-state index contributed by atoms with van der Waals surface area (Å²) in [7, 11) is 0. The van der Waals surface area contributed by atoms with Crippen LogP contribution in [0, 0.1) is 15.9 Å². The Hall–Kier alpha value is -3.08. The summed E-state index contributed by atoms with van der Waals surface area (Å²) in [6.45, 7) is 6.30. The molecule has 1 aliphatic heterocycles. The van der Waals surface area contributed by atoms with Crippen molar-refractivity contribution in [3.8, 4) is 5.75 Å². The molecule has 2 fully saturated rings. The smallest absolute Gasteiger partial charge is 0.311 e. The van der Waals surface area contributed by atoms with Gasteiger partial charge in [0.25, 0.3) is 0 Å². The standard InChI is InChI=1S/C31H34Cl2FN5O3.BrH/c1-2-42-29-20-26(9-10-28(29)39(40)41)37-15-17-38(18-16-37)30(35-14-11-22-3-6-24(32)19-27(22)33)36-21-31(12-13-31)23-4-7-25(34)8-5-23;/h3-10,19-20H,2,11-18,21H2,1H3,(H,35,36);1H. The van der Waals surface area contributed by atoms with Gasteiger partial charge in [0, 0.05) is 66.0 Å². The van der Waals surface area contributed by atoms with Crippen LogP contribution < -0.4 is 15.0 Å². The minimum absolute atomic E-state index is 0. The van der Waals surface area contributed by atoms with Gasteiger partial charge in [0.1, 0.15) is 5.82 Å². The molecule has 0 bridgehead atoms. The SMILES string of the molecule is Br.CCOc1cc(N2CCN(C(=NCC3(c4ccc(F)cc4)CC3)NCCc3ccc(Cl)cc3Cl)CC2)ccc1[N+](=O)[O-]. The highest BCUT2D eigenvalue weighted by molar-refractivity contribution is 8.93. The van der Waals surface area contributed by atoms with E-state index < -0.39 is 4.92 Å². The predicted molar refractivity (Wildman–Crippen MR) is 176 cm³/mol. The number of hydrogen-bond acceptors (Lipinski definition) is 5. The molecule has 0 atom stereocenters. The average Bonchev–Trinajstić information content (AvgIpc) is 3.77. The Kier molecular flexibility index (Phi) is 11.1. The number of nitrogens with one attached hydrogen (secondary N) is 1. The Balaban J connectivity index is 0.00000423. The molecule has 12 heteroatoms. The highest BCUT2D eigenvalue weighted by Gasteiger charge is 2.44. The highest BCUT2D eigenvalue weighted by Crippen LogP contribution is 2.48. The van der Waals surface area contributed by atoms with Gasteiger partial charge < -0.3 is 19.9 Å². The second-order valence-corrected chi connectivity index (χ2v) is 11.5. The van der Waals surface area contributed by atoms with Gasteiger partial charge in [-0.15, -0.1) is 17.0 Å². The van der Waals surface area contributed by atoms with Crippen molar-refractivity contribution in [1.82, 2.24) is 10.2 Å². The second-order valence-electron chi connectivity index (χ2n) is 10.7. The molecule has 1 heterocycles. The number of rotatable bonds is 10. The molecule has 0 spiro atoms. The van der Waals surface area contributed by atoms with Gasteiger partial charge in [-0.1, -0.05) is 41.4 Å². The zero-order valence-corrected chi connectivity index (χ0v) is 27.1. The molecule has 0 unspecified atom stereocenters. The fraction of sp³-hybridized carbons (Fsp3) is 0.387. The molecule has 1 saturated heterocycles. The largest absolute Gasteiger partial charge is 0.487 e. The van der Waals surface area contributed by atoms with Crippen molar-refractivity contribution in [3.05, 3.63) is 97.8 Å². The van der Waals surface area contributed by atoms with Crippen LogP contribution in [0.25, 0.3) is 0 Å². The Morgan fingerprint density at radius 2 is 1.79 bits per heavy atom. The van der Waals surface area contributed by atoms with Gasteiger partial charge in [-0.3, -0.25) is 15.1 Å². The number of ether oxygens (including phenoxy) is 1. The average molecular weight is 695 g/mol. The molecule has 8 nitrogen and oxygen atoms in total. The number of nitro benzene ring substituents is 1. The Labute approximate surface area is 271 Å². The minimum atomic E-state index is -0.420. The Morgan fingerprint density at radius 1 is 1.07 bits per heavy atom. The third kappa shape index (κ3) is 8.10. The van der Waals surface area contributed by atoms with Crippen molar-refractivity contribution in [2.24, 2.45) is 4.99 Å². The number of aliphatic imine (C=N–C) groups is 1. The first-order valence-corrected chi connectivity index (χ1v) is 14.9. The summed E-state index contributed by atoms with van der Waals surface area (Å²) in [5, 5.41) is 16.2. The van der Waals surface area contributed by atoms with E-state index in [0.29, 0.717) is 36.2 Å². The van der Waals surface area contributed by atoms with Gasteiger partial charge in [-0.25, -0.2) is 4.39 Å². The number of nitro groups is 1. The summed E-state index contributed by atoms with van der Waals surface area (Å²) in [4.78, 5) is 20.5. The minimum Gasteiger partial charge on any atom is -0.487 e. The molecule has 230 valence electrons. The molecule has 0 aromatic heterocycles. The van der Waals surface area contributed by atoms with Crippen LogP contribution >= 0.6 is 40.2 Å². The van der Waals surface area contributed by atoms with E-state index in [0.717, 1.165) is 61.8 Å². The van der Waals surface area contributed by atoms with Crippen LogP contribution in [-0.4, -0.2) is 61.7 Å². The summed E-state index contributed by atoms with van der Waals surface area (Å²) in [6, 6.07) is 17.3. The highest BCUT2D eigenvalue weighted by atomic mass is 79.9. The van der Waals surface area contributed by atoms with Crippen molar-refractivity contribution in [2.45, 2.75) is 31.6 Å². The van der Waals surface area contributed by atoms with Crippen LogP contribution in [-0.2, 0) is 11.8 Å². The molecule has 5 rings (SSSR count). The van der Waals surface area contributed by atoms with Crippen LogP contribution in [0.5, 0.6) is 5.75 Å².